The molecular weight excluding hydrogens is 339 g/mol. The molecule has 0 amide bonds. The van der Waals surface area contributed by atoms with Gasteiger partial charge in [0.15, 0.2) is 11.3 Å². The van der Waals surface area contributed by atoms with E-state index < -0.39 is 5.97 Å². The molecule has 26 heavy (non-hydrogen) atoms. The van der Waals surface area contributed by atoms with Gasteiger partial charge in [0, 0.05) is 7.11 Å². The Kier molecular flexibility index (Phi) is 5.22. The van der Waals surface area contributed by atoms with E-state index in [-0.39, 0.29) is 18.1 Å². The SMILES string of the molecule is CCc1nn2c(C)c(C(=O)OCCOC)nnc2c1-c1ccc(F)cc1. The van der Waals surface area contributed by atoms with Crippen molar-refractivity contribution in [1.29, 1.82) is 0 Å². The Morgan fingerprint density at radius 1 is 1.19 bits per heavy atom. The Hall–Kier alpha value is -2.87. The number of carbonyl (C=O) groups is 1. The van der Waals surface area contributed by atoms with Crippen LogP contribution in [0.25, 0.3) is 16.8 Å². The molecular formula is C18H19FN4O3. The van der Waals surface area contributed by atoms with Crippen molar-refractivity contribution in [1.82, 2.24) is 19.8 Å². The normalized spacial score (nSPS) is 11.1. The zero-order valence-corrected chi connectivity index (χ0v) is 14.8. The summed E-state index contributed by atoms with van der Waals surface area (Å²) < 4.78 is 24.8. The Morgan fingerprint density at radius 2 is 1.92 bits per heavy atom. The van der Waals surface area contributed by atoms with Crippen molar-refractivity contribution in [3.63, 3.8) is 0 Å². The fourth-order valence-corrected chi connectivity index (χ4v) is 2.68. The van der Waals surface area contributed by atoms with Gasteiger partial charge >= 0.3 is 5.97 Å². The van der Waals surface area contributed by atoms with Gasteiger partial charge in [-0.15, -0.1) is 10.2 Å². The lowest BCUT2D eigenvalue weighted by Gasteiger charge is -2.07. The van der Waals surface area contributed by atoms with Crippen LogP contribution in [0.4, 0.5) is 4.39 Å². The van der Waals surface area contributed by atoms with E-state index in [1.807, 2.05) is 6.92 Å². The number of carbonyl (C=O) groups excluding carboxylic acids is 1. The van der Waals surface area contributed by atoms with Crippen LogP contribution in [-0.4, -0.2) is 46.1 Å². The van der Waals surface area contributed by atoms with E-state index in [0.29, 0.717) is 24.4 Å². The second-order valence-corrected chi connectivity index (χ2v) is 5.68. The lowest BCUT2D eigenvalue weighted by Crippen LogP contribution is -2.16. The van der Waals surface area contributed by atoms with E-state index in [1.165, 1.54) is 19.2 Å². The van der Waals surface area contributed by atoms with Crippen LogP contribution in [0.15, 0.2) is 24.3 Å². The minimum absolute atomic E-state index is 0.101. The lowest BCUT2D eigenvalue weighted by atomic mass is 10.0. The number of ether oxygens (including phenoxy) is 2. The molecule has 0 saturated heterocycles. The van der Waals surface area contributed by atoms with Crippen LogP contribution < -0.4 is 0 Å². The third-order valence-electron chi connectivity index (χ3n) is 4.02. The Labute approximate surface area is 149 Å². The highest BCUT2D eigenvalue weighted by Crippen LogP contribution is 2.28. The van der Waals surface area contributed by atoms with Gasteiger partial charge in [-0.25, -0.2) is 13.7 Å². The molecule has 136 valence electrons. The van der Waals surface area contributed by atoms with Gasteiger partial charge in [-0.3, -0.25) is 0 Å². The smallest absolute Gasteiger partial charge is 0.360 e. The van der Waals surface area contributed by atoms with Crippen molar-refractivity contribution in [3.8, 4) is 11.1 Å². The van der Waals surface area contributed by atoms with Gasteiger partial charge in [-0.1, -0.05) is 19.1 Å². The second-order valence-electron chi connectivity index (χ2n) is 5.68. The van der Waals surface area contributed by atoms with E-state index in [0.717, 1.165) is 16.8 Å². The summed E-state index contributed by atoms with van der Waals surface area (Å²) in [5, 5.41) is 12.8. The Balaban J connectivity index is 2.07. The fourth-order valence-electron chi connectivity index (χ4n) is 2.68. The maximum atomic E-state index is 13.2. The summed E-state index contributed by atoms with van der Waals surface area (Å²) in [4.78, 5) is 12.2. The molecule has 0 saturated carbocycles. The molecule has 3 rings (SSSR count). The monoisotopic (exact) mass is 358 g/mol. The van der Waals surface area contributed by atoms with E-state index in [2.05, 4.69) is 15.3 Å². The molecule has 0 bridgehead atoms. The summed E-state index contributed by atoms with van der Waals surface area (Å²) in [6.07, 6.45) is 0.656. The Bertz CT molecular complexity index is 938. The molecule has 8 heteroatoms. The number of aromatic nitrogens is 4. The highest BCUT2D eigenvalue weighted by molar-refractivity contribution is 5.89. The van der Waals surface area contributed by atoms with Gasteiger partial charge in [0.25, 0.3) is 0 Å². The average molecular weight is 358 g/mol. The van der Waals surface area contributed by atoms with Crippen LogP contribution in [0, 0.1) is 12.7 Å². The summed E-state index contributed by atoms with van der Waals surface area (Å²) in [7, 11) is 1.53. The number of rotatable bonds is 6. The largest absolute Gasteiger partial charge is 0.458 e. The number of esters is 1. The van der Waals surface area contributed by atoms with Crippen LogP contribution >= 0.6 is 0 Å². The van der Waals surface area contributed by atoms with Gasteiger partial charge in [-0.05, 0) is 31.0 Å². The fraction of sp³-hybridized carbons (Fsp3) is 0.333. The highest BCUT2D eigenvalue weighted by Gasteiger charge is 2.21. The molecule has 0 radical (unpaired) electrons. The molecule has 7 nitrogen and oxygen atoms in total. The second kappa shape index (κ2) is 7.57. The Morgan fingerprint density at radius 3 is 2.58 bits per heavy atom. The van der Waals surface area contributed by atoms with E-state index in [9.17, 15) is 9.18 Å². The van der Waals surface area contributed by atoms with E-state index in [4.69, 9.17) is 9.47 Å². The third kappa shape index (κ3) is 3.28. The van der Waals surface area contributed by atoms with Crippen LogP contribution in [0.1, 0.15) is 28.8 Å². The zero-order chi connectivity index (χ0) is 18.7. The minimum atomic E-state index is -0.578. The molecule has 2 heterocycles. The first-order valence-corrected chi connectivity index (χ1v) is 8.23. The number of hydrogen-bond donors (Lipinski definition) is 0. The standard InChI is InChI=1S/C18H19FN4O3/c1-4-14-15(12-5-7-13(19)8-6-12)17-21-20-16(11(2)23(17)22-14)18(24)26-10-9-25-3/h5-8H,4,9-10H2,1-3H3. The predicted octanol–water partition coefficient (Wildman–Crippen LogP) is 2.60. The zero-order valence-electron chi connectivity index (χ0n) is 14.8. The maximum absolute atomic E-state index is 13.2. The number of methoxy groups -OCH3 is 1. The summed E-state index contributed by atoms with van der Waals surface area (Å²) in [5.41, 5.74) is 3.51. The van der Waals surface area contributed by atoms with Gasteiger partial charge in [0.05, 0.1) is 23.6 Å². The lowest BCUT2D eigenvalue weighted by molar-refractivity contribution is 0.0378. The van der Waals surface area contributed by atoms with Crippen molar-refractivity contribution in [2.45, 2.75) is 20.3 Å². The van der Waals surface area contributed by atoms with Gasteiger partial charge in [0.1, 0.15) is 12.4 Å². The summed E-state index contributed by atoms with van der Waals surface area (Å²) in [6.45, 7) is 4.14. The van der Waals surface area contributed by atoms with Gasteiger partial charge < -0.3 is 9.47 Å². The molecule has 2 aromatic heterocycles. The molecule has 0 atom stereocenters. The molecule has 0 aliphatic rings. The van der Waals surface area contributed by atoms with E-state index in [1.54, 1.807) is 23.6 Å². The first-order chi connectivity index (χ1) is 12.6. The molecule has 1 aromatic carbocycles. The number of halogens is 1. The van der Waals surface area contributed by atoms with Gasteiger partial charge in [-0.2, -0.15) is 5.10 Å². The summed E-state index contributed by atoms with van der Waals surface area (Å²) in [6, 6.07) is 6.13. The number of nitrogens with zero attached hydrogens (tertiary/aromatic N) is 4. The van der Waals surface area contributed by atoms with Crippen molar-refractivity contribution < 1.29 is 18.7 Å². The van der Waals surface area contributed by atoms with Gasteiger partial charge in [0.2, 0.25) is 0 Å². The number of fused-ring (bicyclic) bond motifs is 1. The van der Waals surface area contributed by atoms with Crippen LogP contribution in [0.2, 0.25) is 0 Å². The quantitative estimate of drug-likeness (QED) is 0.498. The van der Waals surface area contributed by atoms with Crippen LogP contribution in [-0.2, 0) is 15.9 Å². The third-order valence-corrected chi connectivity index (χ3v) is 4.02. The average Bonchev–Trinajstić information content (AvgIpc) is 3.02. The number of aryl methyl sites for hydroxylation is 2. The molecule has 0 N–H and O–H groups in total. The summed E-state index contributed by atoms with van der Waals surface area (Å²) >= 11 is 0. The van der Waals surface area contributed by atoms with Crippen molar-refractivity contribution in [2.75, 3.05) is 20.3 Å². The van der Waals surface area contributed by atoms with Crippen molar-refractivity contribution in [3.05, 3.63) is 47.2 Å². The number of hydrogen-bond acceptors (Lipinski definition) is 6. The van der Waals surface area contributed by atoms with E-state index >= 15 is 0 Å². The highest BCUT2D eigenvalue weighted by atomic mass is 19.1. The maximum Gasteiger partial charge on any atom is 0.360 e. The molecule has 0 aliphatic heterocycles. The molecule has 0 fully saturated rings. The predicted molar refractivity (Wildman–Crippen MR) is 92.4 cm³/mol. The van der Waals surface area contributed by atoms with Crippen molar-refractivity contribution >= 4 is 11.6 Å². The molecule has 3 aromatic rings. The topological polar surface area (TPSA) is 78.6 Å². The van der Waals surface area contributed by atoms with Crippen molar-refractivity contribution in [2.24, 2.45) is 0 Å². The molecule has 0 unspecified atom stereocenters. The first-order valence-electron chi connectivity index (χ1n) is 8.23. The minimum Gasteiger partial charge on any atom is -0.458 e. The summed E-state index contributed by atoms with van der Waals surface area (Å²) in [5.74, 6) is -0.891. The van der Waals surface area contributed by atoms with Crippen LogP contribution in [0.5, 0.6) is 0 Å². The molecule has 0 aliphatic carbocycles. The first kappa shape index (κ1) is 17.9. The van der Waals surface area contributed by atoms with Crippen LogP contribution in [0.3, 0.4) is 0 Å². The molecule has 0 spiro atoms. The number of benzene rings is 1.